The maximum atomic E-state index is 10.6. The van der Waals surface area contributed by atoms with Gasteiger partial charge in [0.1, 0.15) is 1.37 Å². The van der Waals surface area contributed by atoms with Gasteiger partial charge in [-0.2, -0.15) is 15.8 Å². The van der Waals surface area contributed by atoms with Crippen molar-refractivity contribution in [2.45, 2.75) is 163 Å². The molecule has 7 unspecified atom stereocenters. The minimum absolute atomic E-state index is 0. The number of rotatable bonds is 14. The second-order valence-electron chi connectivity index (χ2n) is 12.0. The largest absolute Gasteiger partial charge is 1.00 e. The first kappa shape index (κ1) is 93.6. The molecule has 0 aliphatic heterocycles. The Hall–Kier alpha value is -3.24. The zero-order chi connectivity index (χ0) is 49.5. The molecule has 360 valence electrons. The number of nitrogens with zero attached hydrogens (tertiary/aromatic N) is 4. The number of carboxylic acids is 2. The number of carbonyl (C=O) groups is 5. The van der Waals surface area contributed by atoms with Gasteiger partial charge in [0.05, 0.1) is 54.8 Å². The molecule has 0 bridgehead atoms. The Morgan fingerprint density at radius 2 is 0.952 bits per heavy atom. The van der Waals surface area contributed by atoms with E-state index in [-0.39, 0.29) is 131 Å². The van der Waals surface area contributed by atoms with Gasteiger partial charge in [-0.25, -0.2) is 9.57 Å². The van der Waals surface area contributed by atoms with E-state index < -0.39 is 11.9 Å². The molecule has 2 amide bonds. The SMILES string of the molecule is C.C.C=CCC#N.CCC(C)C#N.CCC(C)C#N.CCC(C)C(=O)O.CCC(C)C(=O)O.CCC(C)C(=O)ON=S.CCC(C)C(N)=O.CCC(C)C(N)=O.N=S.[2H]C#C.[K+].[OH-]. The van der Waals surface area contributed by atoms with Crippen molar-refractivity contribution in [2.75, 3.05) is 0 Å². The average Bonchev–Trinajstić information content (AvgIpc) is 3.24. The topological polar surface area (TPSA) is 325 Å². The molecule has 8 N–H and O–H groups in total. The number of carbonyl (C=O) groups excluding carboxylic acids is 3. The molecule has 0 spiro atoms. The second kappa shape index (κ2) is 85.1. The van der Waals surface area contributed by atoms with Crippen molar-refractivity contribution in [2.24, 2.45) is 57.4 Å². The number of nitrogens with two attached hydrogens (primary N) is 2. The van der Waals surface area contributed by atoms with E-state index in [1.807, 2.05) is 82.2 Å². The first-order valence-electron chi connectivity index (χ1n) is 19.3. The first-order chi connectivity index (χ1) is 27.4. The number of carboxylic acid groups (broad SMARTS) is 2. The van der Waals surface area contributed by atoms with Crippen molar-refractivity contribution in [3.8, 4) is 31.0 Å². The Balaban J connectivity index is -0.0000000356. The summed E-state index contributed by atoms with van der Waals surface area (Å²) in [5, 5.41) is 40.3. The molecule has 0 fully saturated rings. The Morgan fingerprint density at radius 1 is 0.710 bits per heavy atom. The molecule has 0 aliphatic rings. The summed E-state index contributed by atoms with van der Waals surface area (Å²) < 4.78 is 13.9. The summed E-state index contributed by atoms with van der Waals surface area (Å²) in [4.78, 5) is 55.0. The first-order valence-corrected chi connectivity index (χ1v) is 19.6. The second-order valence-corrected chi connectivity index (χ2v) is 12.2. The van der Waals surface area contributed by atoms with Crippen molar-refractivity contribution in [3.05, 3.63) is 12.7 Å². The number of allylic oxidation sites excluding steroid dienone is 1. The van der Waals surface area contributed by atoms with Crippen molar-refractivity contribution in [3.63, 3.8) is 0 Å². The number of aliphatic carboxylic acids is 2. The van der Waals surface area contributed by atoms with E-state index in [9.17, 15) is 24.0 Å². The Bertz CT molecular complexity index is 1120. The third kappa shape index (κ3) is 112. The van der Waals surface area contributed by atoms with Crippen LogP contribution in [0.3, 0.4) is 0 Å². The van der Waals surface area contributed by atoms with Gasteiger partial charge in [-0.15, -0.1) is 19.4 Å². The summed E-state index contributed by atoms with van der Waals surface area (Å²) in [5.74, 6) is -2.07. The van der Waals surface area contributed by atoms with E-state index in [1.165, 1.54) is 6.40 Å². The van der Waals surface area contributed by atoms with Crippen LogP contribution in [0.2, 0.25) is 0 Å². The Labute approximate surface area is 433 Å². The van der Waals surface area contributed by atoms with Crippen LogP contribution in [0.4, 0.5) is 0 Å². The number of nitrogens with one attached hydrogen (secondary N) is 1. The molecule has 0 radical (unpaired) electrons. The standard InChI is InChI=1S/C5H9NO2S.2C5H11NO.2C5H9N.2C5H10O2.C4H5N.C2H2.2CH4.K.HNS.H2O/c1-3-4(2)5(7)8-6-9;2*1-3-4(2)5(6)7;2*1-3-5(2)4-6;2*1-3-4(2)5(6)7;1-2-3-4-5;1-2;;;;1-2;/h4H,3H2,1-2H3;2*4H,3H2,1-2H3,(H2,6,7);2*5H,3H2,1-2H3;2*4H,3H2,1-2H3,(H,6,7);2H,1,3H2;1-2H;2*1H4;;1H;1H2/q;;;;;;;;;;;+1;;/p-1/i;;;;;;;;1D;;;;;. The zero-order valence-electron chi connectivity index (χ0n) is 40.1. The van der Waals surface area contributed by atoms with Crippen LogP contribution in [-0.4, -0.2) is 45.4 Å². The summed E-state index contributed by atoms with van der Waals surface area (Å²) in [6.45, 7) is 29.5. The smallest absolute Gasteiger partial charge is 0.870 e. The minimum atomic E-state index is -0.706. The van der Waals surface area contributed by atoms with Crippen LogP contribution in [0.15, 0.2) is 17.2 Å². The van der Waals surface area contributed by atoms with E-state index in [2.05, 4.69) is 59.4 Å². The molecule has 0 saturated carbocycles. The number of primary amides is 2. The molecule has 19 heteroatoms. The molecule has 0 heterocycles. The molecule has 62 heavy (non-hydrogen) atoms. The molecule has 0 aromatic heterocycles. The van der Waals surface area contributed by atoms with Crippen LogP contribution >= 0.6 is 0 Å². The van der Waals surface area contributed by atoms with Crippen LogP contribution in [0, 0.1) is 93.0 Å². The predicted molar refractivity (Wildman–Crippen MR) is 253 cm³/mol. The van der Waals surface area contributed by atoms with Crippen LogP contribution in [-0.2, 0) is 53.7 Å². The average molecular weight is 949 g/mol. The van der Waals surface area contributed by atoms with Gasteiger partial charge < -0.3 is 32.0 Å². The number of nitriles is 3. The van der Waals surface area contributed by atoms with E-state index in [0.717, 1.165) is 44.9 Å². The maximum Gasteiger partial charge on any atom is 1.00 e. The van der Waals surface area contributed by atoms with Crippen LogP contribution in [0.5, 0.6) is 0 Å². The van der Waals surface area contributed by atoms with Crippen molar-refractivity contribution in [1.82, 2.24) is 0 Å². The number of terminal acetylenes is 1. The van der Waals surface area contributed by atoms with E-state index >= 15 is 0 Å². The fraction of sp³-hybridized carbons (Fsp3) is 0.721. The van der Waals surface area contributed by atoms with Gasteiger partial charge in [0.15, 0.2) is 0 Å². The molecule has 7 atom stereocenters. The Morgan fingerprint density at radius 3 is 1.00 bits per heavy atom. The summed E-state index contributed by atoms with van der Waals surface area (Å²) >= 11 is 7.41. The van der Waals surface area contributed by atoms with Crippen LogP contribution < -0.4 is 62.9 Å². The van der Waals surface area contributed by atoms with Gasteiger partial charge in [-0.3, -0.25) is 19.2 Å². The summed E-state index contributed by atoms with van der Waals surface area (Å²) in [7, 11) is 0. The van der Waals surface area contributed by atoms with Crippen molar-refractivity contribution in [1.29, 1.82) is 20.6 Å². The van der Waals surface area contributed by atoms with Crippen molar-refractivity contribution >= 4 is 54.6 Å². The molecular weight excluding hydrogens is 862 g/mol. The molecule has 0 saturated heterocycles. The third-order valence-corrected chi connectivity index (χ3v) is 7.38. The minimum Gasteiger partial charge on any atom is -0.870 e. The molecule has 0 aromatic carbocycles. The third-order valence-electron chi connectivity index (χ3n) is 7.31. The Kier molecular flexibility index (Phi) is 129. The van der Waals surface area contributed by atoms with E-state index in [4.69, 9.17) is 43.6 Å². The van der Waals surface area contributed by atoms with Gasteiger partial charge in [-0.1, -0.05) is 104 Å². The number of hydrogen-bond donors (Lipinski definition) is 5. The quantitative estimate of drug-likeness (QED) is 0.0493. The summed E-state index contributed by atoms with van der Waals surface area (Å²) in [5.41, 5.74) is 9.82. The van der Waals surface area contributed by atoms with Gasteiger partial charge >= 0.3 is 69.3 Å². The molecule has 0 aromatic rings. The molecular formula is C43H86KN7O9S2. The van der Waals surface area contributed by atoms with Crippen molar-refractivity contribution < 1.29 is 97.3 Å². The zero-order valence-corrected chi connectivity index (χ0v) is 43.9. The number of hydrogen-bond acceptors (Lipinski definition) is 14. The molecule has 0 aliphatic carbocycles. The van der Waals surface area contributed by atoms with Gasteiger partial charge in [0.25, 0.3) is 0 Å². The predicted octanol–water partition coefficient (Wildman–Crippen LogP) is 7.33. The maximum absolute atomic E-state index is 10.6. The molecule has 0 rings (SSSR count). The van der Waals surface area contributed by atoms with Crippen LogP contribution in [0.25, 0.3) is 0 Å². The summed E-state index contributed by atoms with van der Waals surface area (Å²) in [6.07, 6.45) is 13.6. The van der Waals surface area contributed by atoms with Gasteiger partial charge in [0.2, 0.25) is 11.8 Å². The molecule has 16 nitrogen and oxygen atoms in total. The fourth-order valence-corrected chi connectivity index (χ4v) is 1.37. The van der Waals surface area contributed by atoms with Gasteiger partial charge in [-0.05, 0) is 63.3 Å². The normalized spacial score (nSPS) is 11.0. The van der Waals surface area contributed by atoms with E-state index in [1.54, 1.807) is 26.8 Å². The fourth-order valence-electron chi connectivity index (χ4n) is 1.29. The van der Waals surface area contributed by atoms with E-state index in [0.29, 0.717) is 6.42 Å². The number of amides is 2. The monoisotopic (exact) mass is 949 g/mol. The summed E-state index contributed by atoms with van der Waals surface area (Å²) in [6, 6.07) is 6.13. The van der Waals surface area contributed by atoms with Gasteiger partial charge in [0, 0.05) is 36.1 Å². The van der Waals surface area contributed by atoms with Crippen LogP contribution in [0.1, 0.15) is 165 Å².